The number of hydrogen-bond donors (Lipinski definition) is 0. The normalized spacial score (nSPS) is 10.9. The van der Waals surface area contributed by atoms with E-state index in [1.54, 1.807) is 11.3 Å². The summed E-state index contributed by atoms with van der Waals surface area (Å²) in [5.74, 6) is 0. The van der Waals surface area contributed by atoms with Crippen molar-refractivity contribution in [2.45, 2.75) is 6.42 Å². The predicted molar refractivity (Wildman–Crippen MR) is 91.1 cm³/mol. The smallest absolute Gasteiger partial charge is 0.0992 e. The molecule has 0 N–H and O–H groups in total. The average molecular weight is 300 g/mol. The summed E-state index contributed by atoms with van der Waals surface area (Å²) in [5.41, 5.74) is 3.88. The molecule has 0 amide bonds. The summed E-state index contributed by atoms with van der Waals surface area (Å²) in [6, 6.07) is 20.4. The minimum Gasteiger partial charge on any atom is -0.252 e. The van der Waals surface area contributed by atoms with Gasteiger partial charge in [-0.25, -0.2) is 0 Å². The van der Waals surface area contributed by atoms with Crippen LogP contribution in [0.15, 0.2) is 60.0 Å². The monoisotopic (exact) mass is 300 g/mol. The molecule has 0 aliphatic carbocycles. The van der Waals surface area contributed by atoms with Gasteiger partial charge in [0.05, 0.1) is 22.8 Å². The first-order chi connectivity index (χ1) is 10.8. The molecule has 0 saturated carbocycles. The van der Waals surface area contributed by atoms with Crippen LogP contribution in [0.3, 0.4) is 0 Å². The summed E-state index contributed by atoms with van der Waals surface area (Å²) in [7, 11) is 0. The van der Waals surface area contributed by atoms with Gasteiger partial charge in [-0.15, -0.1) is 11.3 Å². The molecule has 0 aliphatic rings. The zero-order valence-corrected chi connectivity index (χ0v) is 12.6. The number of pyridine rings is 1. The van der Waals surface area contributed by atoms with Crippen molar-refractivity contribution in [2.24, 2.45) is 0 Å². The van der Waals surface area contributed by atoms with E-state index in [9.17, 15) is 0 Å². The molecule has 4 aromatic rings. The van der Waals surface area contributed by atoms with Gasteiger partial charge in [0, 0.05) is 21.9 Å². The van der Waals surface area contributed by atoms with E-state index in [0.29, 0.717) is 5.56 Å². The van der Waals surface area contributed by atoms with Crippen LogP contribution in [0.2, 0.25) is 0 Å². The van der Waals surface area contributed by atoms with Gasteiger partial charge in [0.25, 0.3) is 0 Å². The van der Waals surface area contributed by atoms with Crippen molar-refractivity contribution in [3.05, 3.63) is 76.8 Å². The molecule has 2 heterocycles. The number of benzene rings is 2. The third-order valence-electron chi connectivity index (χ3n) is 3.82. The minimum absolute atomic E-state index is 0.654. The maximum atomic E-state index is 9.10. The molecule has 104 valence electrons. The lowest BCUT2D eigenvalue weighted by atomic mass is 10.0. The molecule has 0 radical (unpaired) electrons. The van der Waals surface area contributed by atoms with E-state index in [-0.39, 0.29) is 0 Å². The maximum Gasteiger partial charge on any atom is 0.0992 e. The number of aromatic nitrogens is 1. The Hall–Kier alpha value is -2.70. The van der Waals surface area contributed by atoms with Crippen molar-refractivity contribution in [1.82, 2.24) is 4.98 Å². The van der Waals surface area contributed by atoms with Crippen LogP contribution < -0.4 is 0 Å². The highest BCUT2D eigenvalue weighted by Crippen LogP contribution is 2.32. The number of fused-ring (bicyclic) bond motifs is 3. The lowest BCUT2D eigenvalue weighted by molar-refractivity contribution is 1.12. The number of nitrogens with zero attached hydrogens (tertiary/aromatic N) is 2. The van der Waals surface area contributed by atoms with E-state index < -0.39 is 0 Å². The van der Waals surface area contributed by atoms with Gasteiger partial charge in [0.1, 0.15) is 0 Å². The van der Waals surface area contributed by atoms with E-state index in [4.69, 9.17) is 10.2 Å². The summed E-state index contributed by atoms with van der Waals surface area (Å²) in [5, 5.41) is 13.5. The van der Waals surface area contributed by atoms with Gasteiger partial charge in [-0.05, 0) is 29.1 Å². The standard InChI is InChI=1S/C19H12N2S/c20-12-14-6-7-15-18(11-14)21-17(16-8-9-22-19(15)16)10-13-4-2-1-3-5-13/h1-9,11H,10H2. The number of hydrogen-bond acceptors (Lipinski definition) is 3. The Kier molecular flexibility index (Phi) is 3.10. The summed E-state index contributed by atoms with van der Waals surface area (Å²) in [6.07, 6.45) is 0.806. The van der Waals surface area contributed by atoms with Crippen LogP contribution in [0.5, 0.6) is 0 Å². The number of thiophene rings is 1. The highest BCUT2D eigenvalue weighted by Gasteiger charge is 2.10. The van der Waals surface area contributed by atoms with Crippen LogP contribution in [0.1, 0.15) is 16.8 Å². The fourth-order valence-corrected chi connectivity index (χ4v) is 3.71. The minimum atomic E-state index is 0.654. The topological polar surface area (TPSA) is 36.7 Å². The fourth-order valence-electron chi connectivity index (χ4n) is 2.76. The van der Waals surface area contributed by atoms with E-state index in [1.165, 1.54) is 15.6 Å². The largest absolute Gasteiger partial charge is 0.252 e. The molecule has 2 aromatic carbocycles. The second kappa shape index (κ2) is 5.25. The van der Waals surface area contributed by atoms with Crippen molar-refractivity contribution < 1.29 is 0 Å². The molecule has 0 atom stereocenters. The molecule has 3 heteroatoms. The van der Waals surface area contributed by atoms with E-state index >= 15 is 0 Å². The van der Waals surface area contributed by atoms with Crippen molar-refractivity contribution in [2.75, 3.05) is 0 Å². The van der Waals surface area contributed by atoms with E-state index in [1.807, 2.05) is 24.3 Å². The van der Waals surface area contributed by atoms with Crippen molar-refractivity contribution in [3.8, 4) is 6.07 Å². The second-order valence-corrected chi connectivity index (χ2v) is 6.14. The second-order valence-electron chi connectivity index (χ2n) is 5.23. The molecular formula is C19H12N2S. The average Bonchev–Trinajstić information content (AvgIpc) is 3.05. The summed E-state index contributed by atoms with van der Waals surface area (Å²) >= 11 is 1.73. The number of rotatable bonds is 2. The Bertz CT molecular complexity index is 1010. The van der Waals surface area contributed by atoms with Crippen molar-refractivity contribution in [1.29, 1.82) is 5.26 Å². The third-order valence-corrected chi connectivity index (χ3v) is 4.77. The van der Waals surface area contributed by atoms with Crippen LogP contribution in [0.4, 0.5) is 0 Å². The van der Waals surface area contributed by atoms with Gasteiger partial charge in [-0.3, -0.25) is 4.98 Å². The Morgan fingerprint density at radius 1 is 1.00 bits per heavy atom. The highest BCUT2D eigenvalue weighted by atomic mass is 32.1. The molecule has 0 aliphatic heterocycles. The molecule has 22 heavy (non-hydrogen) atoms. The molecule has 4 rings (SSSR count). The Morgan fingerprint density at radius 3 is 2.68 bits per heavy atom. The summed E-state index contributed by atoms with van der Waals surface area (Å²) in [6.45, 7) is 0. The molecule has 0 saturated heterocycles. The molecule has 0 bridgehead atoms. The van der Waals surface area contributed by atoms with Crippen LogP contribution in [0, 0.1) is 11.3 Å². The van der Waals surface area contributed by atoms with Gasteiger partial charge in [0.15, 0.2) is 0 Å². The van der Waals surface area contributed by atoms with E-state index in [2.05, 4.69) is 41.8 Å². The first kappa shape index (κ1) is 13.0. The van der Waals surface area contributed by atoms with Gasteiger partial charge < -0.3 is 0 Å². The zero-order chi connectivity index (χ0) is 14.9. The quantitative estimate of drug-likeness (QED) is 0.527. The molecule has 0 unspecified atom stereocenters. The predicted octanol–water partition coefficient (Wildman–Crippen LogP) is 4.91. The summed E-state index contributed by atoms with van der Waals surface area (Å²) in [4.78, 5) is 4.84. The van der Waals surface area contributed by atoms with Crippen LogP contribution in [0.25, 0.3) is 21.0 Å². The van der Waals surface area contributed by atoms with Gasteiger partial charge in [-0.2, -0.15) is 5.26 Å². The van der Waals surface area contributed by atoms with Crippen LogP contribution in [-0.2, 0) is 6.42 Å². The zero-order valence-electron chi connectivity index (χ0n) is 11.8. The molecule has 2 nitrogen and oxygen atoms in total. The molecule has 0 fully saturated rings. The van der Waals surface area contributed by atoms with Crippen LogP contribution in [-0.4, -0.2) is 4.98 Å². The lowest BCUT2D eigenvalue weighted by Crippen LogP contribution is -1.94. The Balaban J connectivity index is 1.96. The van der Waals surface area contributed by atoms with Crippen molar-refractivity contribution >= 4 is 32.3 Å². The first-order valence-electron chi connectivity index (χ1n) is 7.09. The molecule has 2 aromatic heterocycles. The maximum absolute atomic E-state index is 9.10. The van der Waals surface area contributed by atoms with Crippen molar-refractivity contribution in [3.63, 3.8) is 0 Å². The fraction of sp³-hybridized carbons (Fsp3) is 0.0526. The Morgan fingerprint density at radius 2 is 1.86 bits per heavy atom. The SMILES string of the molecule is N#Cc1ccc2c(c1)nc(Cc1ccccc1)c1ccsc12. The number of nitriles is 1. The molecular weight excluding hydrogens is 288 g/mol. The third kappa shape index (κ3) is 2.14. The first-order valence-corrected chi connectivity index (χ1v) is 7.97. The Labute approximate surface area is 132 Å². The van der Waals surface area contributed by atoms with Gasteiger partial charge in [0.2, 0.25) is 0 Å². The van der Waals surface area contributed by atoms with Crippen LogP contribution >= 0.6 is 11.3 Å². The lowest BCUT2D eigenvalue weighted by Gasteiger charge is -2.07. The highest BCUT2D eigenvalue weighted by molar-refractivity contribution is 7.18. The van der Waals surface area contributed by atoms with Gasteiger partial charge >= 0.3 is 0 Å². The molecule has 0 spiro atoms. The summed E-state index contributed by atoms with van der Waals surface area (Å²) < 4.78 is 1.25. The van der Waals surface area contributed by atoms with Gasteiger partial charge in [-0.1, -0.05) is 36.4 Å². The van der Waals surface area contributed by atoms with E-state index in [0.717, 1.165) is 23.0 Å².